The lowest BCUT2D eigenvalue weighted by Crippen LogP contribution is -2.60. The van der Waals surface area contributed by atoms with Gasteiger partial charge in [-0.2, -0.15) is 25.3 Å². The first kappa shape index (κ1) is 43.3. The Labute approximate surface area is 282 Å². The maximum atomic E-state index is 13.1. The van der Waals surface area contributed by atoms with Crippen LogP contribution in [0.4, 0.5) is 0 Å². The van der Waals surface area contributed by atoms with Crippen molar-refractivity contribution in [1.82, 2.24) is 31.9 Å². The number of aliphatic hydroxyl groups excluding tert-OH is 2. The second kappa shape index (κ2) is 22.0. The summed E-state index contributed by atoms with van der Waals surface area (Å²) in [5.74, 6) is -8.09. The summed E-state index contributed by atoms with van der Waals surface area (Å²) < 4.78 is 0. The van der Waals surface area contributed by atoms with E-state index in [1.165, 1.54) is 0 Å². The third-order valence-electron chi connectivity index (χ3n) is 6.31. The Balaban J connectivity index is 5.42. The number of thiol groups is 2. The fraction of sp³-hybridized carbons (Fsp3) is 0.692. The minimum atomic E-state index is -1.63. The molecule has 0 aromatic heterocycles. The first-order valence-electron chi connectivity index (χ1n) is 14.4. The minimum Gasteiger partial charge on any atom is -0.480 e. The molecule has 7 amide bonds. The van der Waals surface area contributed by atoms with Crippen molar-refractivity contribution in [2.45, 2.75) is 82.4 Å². The largest absolute Gasteiger partial charge is 0.480 e. The molecule has 0 fully saturated rings. The van der Waals surface area contributed by atoms with Crippen molar-refractivity contribution in [3.63, 3.8) is 0 Å². The monoisotopic (exact) mass is 710 g/mol. The summed E-state index contributed by atoms with van der Waals surface area (Å²) in [4.78, 5) is 98.0. The van der Waals surface area contributed by atoms with Gasteiger partial charge in [-0.1, -0.05) is 13.8 Å². The van der Waals surface area contributed by atoms with Gasteiger partial charge in [0.05, 0.1) is 25.3 Å². The van der Waals surface area contributed by atoms with Crippen LogP contribution in [0.3, 0.4) is 0 Å². The highest BCUT2D eigenvalue weighted by atomic mass is 32.1. The third-order valence-corrected chi connectivity index (χ3v) is 7.04. The van der Waals surface area contributed by atoms with Gasteiger partial charge < -0.3 is 58.7 Å². The van der Waals surface area contributed by atoms with Crippen LogP contribution in [-0.2, 0) is 38.4 Å². The molecule has 0 aromatic carbocycles. The van der Waals surface area contributed by atoms with Crippen LogP contribution in [0.5, 0.6) is 0 Å². The maximum absolute atomic E-state index is 13.1. The molecule has 0 rings (SSSR count). The highest BCUT2D eigenvalue weighted by molar-refractivity contribution is 7.80. The Kier molecular flexibility index (Phi) is 20.3. The predicted molar refractivity (Wildman–Crippen MR) is 173 cm³/mol. The van der Waals surface area contributed by atoms with Crippen molar-refractivity contribution in [3.05, 3.63) is 0 Å². The van der Waals surface area contributed by atoms with Gasteiger partial charge in [0.2, 0.25) is 41.4 Å². The number of amides is 7. The normalized spacial score (nSPS) is 15.4. The summed E-state index contributed by atoms with van der Waals surface area (Å²) in [6.07, 6.45) is -1.57. The van der Waals surface area contributed by atoms with E-state index in [0.717, 1.165) is 6.92 Å². The summed E-state index contributed by atoms with van der Waals surface area (Å²) >= 11 is 8.06. The third kappa shape index (κ3) is 16.6. The fourth-order valence-electron chi connectivity index (χ4n) is 3.71. The smallest absolute Gasteiger partial charge is 0.328 e. The van der Waals surface area contributed by atoms with Gasteiger partial charge >= 0.3 is 5.97 Å². The predicted octanol–water partition coefficient (Wildman–Crippen LogP) is -5.52. The number of carboxylic acid groups (broad SMARTS) is 1. The first-order valence-corrected chi connectivity index (χ1v) is 15.7. The van der Waals surface area contributed by atoms with Gasteiger partial charge in [0, 0.05) is 17.9 Å². The van der Waals surface area contributed by atoms with Crippen LogP contribution in [0.1, 0.15) is 40.0 Å². The minimum absolute atomic E-state index is 0.0622. The van der Waals surface area contributed by atoms with Crippen LogP contribution >= 0.6 is 25.3 Å². The zero-order valence-electron chi connectivity index (χ0n) is 26.2. The molecule has 21 heteroatoms. The van der Waals surface area contributed by atoms with Gasteiger partial charge in [-0.3, -0.25) is 33.6 Å². The molecule has 0 saturated heterocycles. The number of carbonyl (C=O) groups is 8. The van der Waals surface area contributed by atoms with Crippen molar-refractivity contribution in [1.29, 1.82) is 0 Å². The number of hydrogen-bond donors (Lipinski definition) is 13. The molecule has 0 unspecified atom stereocenters. The number of aliphatic hydroxyl groups is 2. The fourth-order valence-corrected chi connectivity index (χ4v) is 4.23. The van der Waals surface area contributed by atoms with Crippen LogP contribution in [0.25, 0.3) is 0 Å². The van der Waals surface area contributed by atoms with E-state index in [-0.39, 0.29) is 36.7 Å². The average molecular weight is 711 g/mol. The molecule has 0 bridgehead atoms. The first-order chi connectivity index (χ1) is 21.9. The lowest BCUT2D eigenvalue weighted by Gasteiger charge is -2.26. The molecule has 7 atom stereocenters. The number of rotatable bonds is 22. The van der Waals surface area contributed by atoms with E-state index in [9.17, 15) is 48.6 Å². The molecule has 0 aromatic rings. The molecule has 0 aliphatic rings. The molecular weight excluding hydrogens is 664 g/mol. The number of nitrogens with two attached hydrogens (primary N) is 2. The Morgan fingerprint density at radius 2 is 1.19 bits per heavy atom. The topological polar surface area (TPSA) is 321 Å². The van der Waals surface area contributed by atoms with Crippen LogP contribution in [0, 0.1) is 5.92 Å². The molecule has 268 valence electrons. The molecule has 0 radical (unpaired) electrons. The number of aliphatic carboxylic acids is 1. The number of hydrogen-bond acceptors (Lipinski definition) is 13. The molecule has 19 nitrogen and oxygen atoms in total. The zero-order valence-corrected chi connectivity index (χ0v) is 28.0. The second-order valence-corrected chi connectivity index (χ2v) is 11.6. The van der Waals surface area contributed by atoms with Crippen molar-refractivity contribution in [2.24, 2.45) is 17.4 Å². The SMILES string of the molecule is CC(C)C[C@H](NC(=O)[C@H](CS)NC(=O)[C@@H](N)CCC(N)=O)C(=O)N[C@@H](CO)C(=O)N[C@@H](CS)C(=O)NCC(=O)N[C@H](C(=O)O)[C@@H](C)O. The summed E-state index contributed by atoms with van der Waals surface area (Å²) in [5.41, 5.74) is 10.8. The van der Waals surface area contributed by atoms with E-state index in [1.54, 1.807) is 13.8 Å². The average Bonchev–Trinajstić information content (AvgIpc) is 2.99. The summed E-state index contributed by atoms with van der Waals surface area (Å²) in [6.45, 7) is 3.02. The van der Waals surface area contributed by atoms with Gasteiger partial charge in [-0.05, 0) is 25.7 Å². The van der Waals surface area contributed by atoms with Gasteiger partial charge in [0.25, 0.3) is 0 Å². The van der Waals surface area contributed by atoms with E-state index in [0.29, 0.717) is 0 Å². The summed E-state index contributed by atoms with van der Waals surface area (Å²) in [5, 5.41) is 42.0. The molecular formula is C26H46N8O11S2. The van der Waals surface area contributed by atoms with Crippen LogP contribution < -0.4 is 43.4 Å². The highest BCUT2D eigenvalue weighted by Crippen LogP contribution is 2.07. The Morgan fingerprint density at radius 1 is 0.723 bits per heavy atom. The van der Waals surface area contributed by atoms with E-state index in [2.05, 4.69) is 51.8 Å². The quantitative estimate of drug-likeness (QED) is 0.0468. The number of primary amides is 1. The van der Waals surface area contributed by atoms with E-state index in [4.69, 9.17) is 16.6 Å². The summed E-state index contributed by atoms with van der Waals surface area (Å²) in [7, 11) is 0. The number of carbonyl (C=O) groups excluding carboxylic acids is 7. The van der Waals surface area contributed by atoms with Gasteiger partial charge in [-0.15, -0.1) is 0 Å². The second-order valence-electron chi connectivity index (χ2n) is 10.9. The van der Waals surface area contributed by atoms with Crippen LogP contribution in [-0.4, -0.2) is 130 Å². The van der Waals surface area contributed by atoms with Crippen molar-refractivity contribution in [2.75, 3.05) is 24.7 Å². The lowest BCUT2D eigenvalue weighted by atomic mass is 10.0. The Morgan fingerprint density at radius 3 is 1.66 bits per heavy atom. The molecule has 0 aliphatic carbocycles. The van der Waals surface area contributed by atoms with Gasteiger partial charge in [0.1, 0.15) is 24.2 Å². The Bertz CT molecular complexity index is 1130. The highest BCUT2D eigenvalue weighted by Gasteiger charge is 2.32. The lowest BCUT2D eigenvalue weighted by molar-refractivity contribution is -0.144. The standard InChI is InChI=1S/C26H46N8O11S2/c1-11(2)6-14(30-25(43)17(10-47)32-21(39)13(27)4-5-18(28)37)23(41)31-15(8-35)24(42)33-16(9-46)22(40)29-7-19(38)34-20(12(3)36)26(44)45/h11-17,20,35-36,46-47H,4-10,27H2,1-3H3,(H2,28,37)(H,29,40)(H,30,43)(H,31,41)(H,32,39)(H,33,42)(H,34,38)(H,44,45)/t12-,13+,14+,15+,16+,17+,20+/m1/s1. The van der Waals surface area contributed by atoms with Crippen molar-refractivity contribution in [3.8, 4) is 0 Å². The maximum Gasteiger partial charge on any atom is 0.328 e. The van der Waals surface area contributed by atoms with E-state index < -0.39 is 103 Å². The summed E-state index contributed by atoms with van der Waals surface area (Å²) in [6, 6.07) is -8.21. The van der Waals surface area contributed by atoms with Crippen LogP contribution in [0.2, 0.25) is 0 Å². The molecule has 0 aliphatic heterocycles. The van der Waals surface area contributed by atoms with Crippen molar-refractivity contribution < 1.29 is 53.7 Å². The molecule has 0 heterocycles. The van der Waals surface area contributed by atoms with Gasteiger partial charge in [-0.25, -0.2) is 4.79 Å². The number of carboxylic acids is 1. The molecule has 13 N–H and O–H groups in total. The van der Waals surface area contributed by atoms with Crippen molar-refractivity contribution >= 4 is 72.6 Å². The number of nitrogens with one attached hydrogen (secondary N) is 6. The zero-order chi connectivity index (χ0) is 36.4. The Hall–Kier alpha value is -3.66. The van der Waals surface area contributed by atoms with Crippen LogP contribution in [0.15, 0.2) is 0 Å². The molecule has 0 spiro atoms. The molecule has 0 saturated carbocycles. The molecule has 47 heavy (non-hydrogen) atoms. The van der Waals surface area contributed by atoms with Gasteiger partial charge in [0.15, 0.2) is 6.04 Å². The van der Waals surface area contributed by atoms with E-state index in [1.807, 2.05) is 5.32 Å². The van der Waals surface area contributed by atoms with E-state index >= 15 is 0 Å².